The number of carbonyl (C=O) groups excluding carboxylic acids is 1. The second-order valence-corrected chi connectivity index (χ2v) is 8.67. The number of hydrogen-bond acceptors (Lipinski definition) is 6. The lowest BCUT2D eigenvalue weighted by molar-refractivity contribution is 0.143. The van der Waals surface area contributed by atoms with Crippen LogP contribution in [0.3, 0.4) is 0 Å². The molecule has 1 aromatic carbocycles. The van der Waals surface area contributed by atoms with Crippen LogP contribution in [0.5, 0.6) is 11.6 Å². The van der Waals surface area contributed by atoms with E-state index in [0.717, 1.165) is 30.0 Å². The molecular formula is C23H26N4O3S. The van der Waals surface area contributed by atoms with Gasteiger partial charge in [0, 0.05) is 56.5 Å². The Balaban J connectivity index is 1.19. The predicted octanol–water partition coefficient (Wildman–Crippen LogP) is 4.19. The van der Waals surface area contributed by atoms with Gasteiger partial charge in [-0.05, 0) is 36.6 Å². The molecule has 3 heterocycles. The van der Waals surface area contributed by atoms with E-state index >= 15 is 0 Å². The third-order valence-corrected chi connectivity index (χ3v) is 6.57. The summed E-state index contributed by atoms with van der Waals surface area (Å²) in [7, 11) is 2.00. The SMILES string of the molecule is Cn1ccnc1SC1CCN(C(=O)Oc2ccc(CCOc3ccccn3)cc2)CC1. The second-order valence-electron chi connectivity index (χ2n) is 7.40. The lowest BCUT2D eigenvalue weighted by Gasteiger charge is -2.30. The van der Waals surface area contributed by atoms with Crippen molar-refractivity contribution in [1.82, 2.24) is 19.4 Å². The first kappa shape index (κ1) is 21.2. The molecule has 31 heavy (non-hydrogen) atoms. The number of ether oxygens (including phenoxy) is 2. The van der Waals surface area contributed by atoms with Crippen molar-refractivity contribution in [3.05, 3.63) is 66.6 Å². The second kappa shape index (κ2) is 10.3. The van der Waals surface area contributed by atoms with Crippen LogP contribution in [-0.4, -0.2) is 50.5 Å². The van der Waals surface area contributed by atoms with Crippen LogP contribution in [-0.2, 0) is 13.5 Å². The molecule has 0 saturated carbocycles. The largest absolute Gasteiger partial charge is 0.477 e. The Labute approximate surface area is 186 Å². The first-order valence-electron chi connectivity index (χ1n) is 10.4. The highest BCUT2D eigenvalue weighted by Crippen LogP contribution is 2.29. The maximum Gasteiger partial charge on any atom is 0.415 e. The number of nitrogens with zero attached hydrogens (tertiary/aromatic N) is 4. The van der Waals surface area contributed by atoms with E-state index in [2.05, 4.69) is 9.97 Å². The first-order chi connectivity index (χ1) is 15.2. The fourth-order valence-electron chi connectivity index (χ4n) is 3.37. The van der Waals surface area contributed by atoms with Crippen molar-refractivity contribution >= 4 is 17.9 Å². The summed E-state index contributed by atoms with van der Waals surface area (Å²) in [4.78, 5) is 22.8. The van der Waals surface area contributed by atoms with Crippen molar-refractivity contribution in [2.75, 3.05) is 19.7 Å². The maximum atomic E-state index is 12.5. The zero-order valence-electron chi connectivity index (χ0n) is 17.5. The van der Waals surface area contributed by atoms with Gasteiger partial charge in [0.15, 0.2) is 5.16 Å². The summed E-state index contributed by atoms with van der Waals surface area (Å²) >= 11 is 1.78. The van der Waals surface area contributed by atoms with Gasteiger partial charge < -0.3 is 18.9 Å². The number of hydrogen-bond donors (Lipinski definition) is 0. The molecular weight excluding hydrogens is 412 g/mol. The fourth-order valence-corrected chi connectivity index (χ4v) is 4.46. The molecule has 1 aliphatic heterocycles. The monoisotopic (exact) mass is 438 g/mol. The third-order valence-electron chi connectivity index (χ3n) is 5.16. The number of imidazole rings is 1. The van der Waals surface area contributed by atoms with E-state index in [9.17, 15) is 4.79 Å². The number of aryl methyl sites for hydroxylation is 1. The minimum Gasteiger partial charge on any atom is -0.477 e. The Kier molecular flexibility index (Phi) is 7.09. The third kappa shape index (κ3) is 6.01. The Morgan fingerprint density at radius 3 is 2.58 bits per heavy atom. The average Bonchev–Trinajstić information content (AvgIpc) is 3.20. The van der Waals surface area contributed by atoms with Crippen LogP contribution in [0.2, 0.25) is 0 Å². The van der Waals surface area contributed by atoms with Crippen LogP contribution in [0.4, 0.5) is 4.79 Å². The number of piperidine rings is 1. The number of amides is 1. The number of rotatable bonds is 7. The molecule has 7 nitrogen and oxygen atoms in total. The number of carbonyl (C=O) groups is 1. The molecule has 1 fully saturated rings. The Morgan fingerprint density at radius 2 is 1.90 bits per heavy atom. The Hall–Kier alpha value is -3.00. The number of aromatic nitrogens is 3. The molecule has 4 rings (SSSR count). The molecule has 1 saturated heterocycles. The normalized spacial score (nSPS) is 14.4. The van der Waals surface area contributed by atoms with E-state index in [1.165, 1.54) is 0 Å². The zero-order chi connectivity index (χ0) is 21.5. The van der Waals surface area contributed by atoms with Gasteiger partial charge in [0.2, 0.25) is 5.88 Å². The average molecular weight is 439 g/mol. The van der Waals surface area contributed by atoms with Gasteiger partial charge in [-0.1, -0.05) is 30.0 Å². The van der Waals surface area contributed by atoms with Crippen LogP contribution in [0.25, 0.3) is 0 Å². The summed E-state index contributed by atoms with van der Waals surface area (Å²) in [6.45, 7) is 1.94. The van der Waals surface area contributed by atoms with Crippen molar-refractivity contribution < 1.29 is 14.3 Å². The smallest absolute Gasteiger partial charge is 0.415 e. The maximum absolute atomic E-state index is 12.5. The van der Waals surface area contributed by atoms with E-state index in [1.54, 1.807) is 22.9 Å². The van der Waals surface area contributed by atoms with Crippen molar-refractivity contribution in [3.8, 4) is 11.6 Å². The minimum atomic E-state index is -0.285. The molecule has 1 aliphatic rings. The van der Waals surface area contributed by atoms with Gasteiger partial charge in [-0.3, -0.25) is 0 Å². The molecule has 0 radical (unpaired) electrons. The van der Waals surface area contributed by atoms with E-state index in [0.29, 0.717) is 36.6 Å². The highest BCUT2D eigenvalue weighted by Gasteiger charge is 2.25. The molecule has 0 atom stereocenters. The van der Waals surface area contributed by atoms with Crippen LogP contribution >= 0.6 is 11.8 Å². The Morgan fingerprint density at radius 1 is 1.10 bits per heavy atom. The zero-order valence-corrected chi connectivity index (χ0v) is 18.3. The van der Waals surface area contributed by atoms with Crippen LogP contribution < -0.4 is 9.47 Å². The van der Waals surface area contributed by atoms with Crippen molar-refractivity contribution in [3.63, 3.8) is 0 Å². The molecule has 162 valence electrons. The van der Waals surface area contributed by atoms with Gasteiger partial charge in [0.25, 0.3) is 0 Å². The minimum absolute atomic E-state index is 0.285. The van der Waals surface area contributed by atoms with E-state index in [-0.39, 0.29) is 6.09 Å². The lowest BCUT2D eigenvalue weighted by atomic mass is 10.1. The van der Waals surface area contributed by atoms with E-state index in [4.69, 9.17) is 9.47 Å². The molecule has 0 aliphatic carbocycles. The van der Waals surface area contributed by atoms with Crippen molar-refractivity contribution in [2.45, 2.75) is 29.7 Å². The highest BCUT2D eigenvalue weighted by atomic mass is 32.2. The molecule has 0 N–H and O–H groups in total. The Bertz CT molecular complexity index is 970. The predicted molar refractivity (Wildman–Crippen MR) is 120 cm³/mol. The molecule has 0 unspecified atom stereocenters. The number of likely N-dealkylation sites (tertiary alicyclic amines) is 1. The summed E-state index contributed by atoms with van der Waals surface area (Å²) in [5, 5.41) is 1.49. The van der Waals surface area contributed by atoms with Crippen molar-refractivity contribution in [1.29, 1.82) is 0 Å². The summed E-state index contributed by atoms with van der Waals surface area (Å²) in [6.07, 6.45) is 7.81. The molecule has 0 bridgehead atoms. The molecule has 0 spiro atoms. The van der Waals surface area contributed by atoms with Crippen LogP contribution in [0, 0.1) is 0 Å². The topological polar surface area (TPSA) is 69.5 Å². The molecule has 8 heteroatoms. The summed E-state index contributed by atoms with van der Waals surface area (Å²) < 4.78 is 13.2. The van der Waals surface area contributed by atoms with Gasteiger partial charge >= 0.3 is 6.09 Å². The number of thioether (sulfide) groups is 1. The lowest BCUT2D eigenvalue weighted by Crippen LogP contribution is -2.40. The van der Waals surface area contributed by atoms with Gasteiger partial charge in [-0.15, -0.1) is 0 Å². The number of benzene rings is 1. The molecule has 2 aromatic heterocycles. The van der Waals surface area contributed by atoms with Gasteiger partial charge in [-0.2, -0.15) is 0 Å². The van der Waals surface area contributed by atoms with E-state index in [1.807, 2.05) is 66.5 Å². The van der Waals surface area contributed by atoms with Crippen LogP contribution in [0.15, 0.2) is 66.2 Å². The van der Waals surface area contributed by atoms with E-state index < -0.39 is 0 Å². The first-order valence-corrected chi connectivity index (χ1v) is 11.3. The van der Waals surface area contributed by atoms with Gasteiger partial charge in [0.05, 0.1) is 6.61 Å². The quantitative estimate of drug-likeness (QED) is 0.551. The number of pyridine rings is 1. The van der Waals surface area contributed by atoms with Crippen LogP contribution in [0.1, 0.15) is 18.4 Å². The van der Waals surface area contributed by atoms with Gasteiger partial charge in [-0.25, -0.2) is 14.8 Å². The fraction of sp³-hybridized carbons (Fsp3) is 0.348. The van der Waals surface area contributed by atoms with Gasteiger partial charge in [0.1, 0.15) is 5.75 Å². The summed E-state index contributed by atoms with van der Waals surface area (Å²) in [5.41, 5.74) is 1.11. The highest BCUT2D eigenvalue weighted by molar-refractivity contribution is 7.99. The van der Waals surface area contributed by atoms with Crippen molar-refractivity contribution in [2.24, 2.45) is 7.05 Å². The molecule has 1 amide bonds. The molecule has 3 aromatic rings. The summed E-state index contributed by atoms with van der Waals surface area (Å²) in [5.74, 6) is 1.18. The standard InChI is InChI=1S/C23H26N4O3S/c1-26-16-13-25-22(26)31-20-9-14-27(15-10-20)23(28)30-19-7-5-18(6-8-19)11-17-29-21-4-2-3-12-24-21/h2-8,12-13,16,20H,9-11,14-15,17H2,1H3. The summed E-state index contributed by atoms with van der Waals surface area (Å²) in [6, 6.07) is 13.2.